The molecule has 4 rings (SSSR count). The summed E-state index contributed by atoms with van der Waals surface area (Å²) in [5.41, 5.74) is 9.05. The first-order valence-corrected chi connectivity index (χ1v) is 8.25. The van der Waals surface area contributed by atoms with E-state index >= 15 is 0 Å². The molecule has 0 bridgehead atoms. The molecule has 6 nitrogen and oxygen atoms in total. The second-order valence-corrected chi connectivity index (χ2v) is 6.76. The van der Waals surface area contributed by atoms with E-state index in [9.17, 15) is 0 Å². The average molecular weight is 326 g/mol. The lowest BCUT2D eigenvalue weighted by Crippen LogP contribution is -2.27. The van der Waals surface area contributed by atoms with Gasteiger partial charge in [0.25, 0.3) is 0 Å². The van der Waals surface area contributed by atoms with Crippen molar-refractivity contribution in [3.63, 3.8) is 0 Å². The number of ether oxygens (including phenoxy) is 2. The minimum atomic E-state index is -0.583. The fourth-order valence-electron chi connectivity index (χ4n) is 3.81. The summed E-state index contributed by atoms with van der Waals surface area (Å²) >= 11 is 0. The number of hydrogen-bond acceptors (Lipinski definition) is 5. The zero-order valence-electron chi connectivity index (χ0n) is 14.2. The normalized spacial score (nSPS) is 28.1. The van der Waals surface area contributed by atoms with Crippen molar-refractivity contribution in [2.45, 2.75) is 51.2 Å². The van der Waals surface area contributed by atoms with Crippen molar-refractivity contribution in [2.24, 2.45) is 0 Å². The summed E-state index contributed by atoms with van der Waals surface area (Å²) in [5, 5.41) is 0.834. The SMILES string of the molecule is C=Cc1cn([C@@H]2C=C(CC)[C@@H]3OC(C)(C)OC23)c2ncnc(N)c12. The van der Waals surface area contributed by atoms with Crippen LogP contribution in [0.1, 0.15) is 38.8 Å². The van der Waals surface area contributed by atoms with Crippen LogP contribution in [0.4, 0.5) is 5.82 Å². The van der Waals surface area contributed by atoms with Gasteiger partial charge in [-0.15, -0.1) is 0 Å². The van der Waals surface area contributed by atoms with Gasteiger partial charge < -0.3 is 19.8 Å². The lowest BCUT2D eigenvalue weighted by atomic mass is 10.1. The summed E-state index contributed by atoms with van der Waals surface area (Å²) in [7, 11) is 0. The zero-order chi connectivity index (χ0) is 17.1. The molecule has 3 heterocycles. The molecule has 126 valence electrons. The maximum Gasteiger partial charge on any atom is 0.164 e. The molecule has 1 fully saturated rings. The minimum absolute atomic E-state index is 0.0113. The van der Waals surface area contributed by atoms with Gasteiger partial charge in [0.1, 0.15) is 30.0 Å². The van der Waals surface area contributed by atoms with Crippen LogP contribution in [0.15, 0.2) is 30.8 Å². The summed E-state index contributed by atoms with van der Waals surface area (Å²) in [6, 6.07) is 0.0113. The molecule has 0 spiro atoms. The predicted molar refractivity (Wildman–Crippen MR) is 93.3 cm³/mol. The van der Waals surface area contributed by atoms with Gasteiger partial charge in [0, 0.05) is 11.8 Å². The van der Waals surface area contributed by atoms with Gasteiger partial charge in [0.05, 0.1) is 11.4 Å². The van der Waals surface area contributed by atoms with Crippen LogP contribution in [0.2, 0.25) is 0 Å². The molecule has 2 aliphatic rings. The van der Waals surface area contributed by atoms with Gasteiger partial charge in [-0.1, -0.05) is 25.7 Å². The van der Waals surface area contributed by atoms with Crippen LogP contribution in [0, 0.1) is 0 Å². The average Bonchev–Trinajstić information content (AvgIpc) is 3.16. The van der Waals surface area contributed by atoms with Gasteiger partial charge in [-0.25, -0.2) is 9.97 Å². The van der Waals surface area contributed by atoms with Crippen molar-refractivity contribution in [1.29, 1.82) is 0 Å². The van der Waals surface area contributed by atoms with E-state index in [1.54, 1.807) is 6.08 Å². The Kier molecular flexibility index (Phi) is 3.30. The highest BCUT2D eigenvalue weighted by Gasteiger charge is 2.50. The van der Waals surface area contributed by atoms with Gasteiger partial charge in [-0.2, -0.15) is 0 Å². The van der Waals surface area contributed by atoms with Crippen molar-refractivity contribution < 1.29 is 9.47 Å². The quantitative estimate of drug-likeness (QED) is 0.877. The summed E-state index contributed by atoms with van der Waals surface area (Å²) < 4.78 is 14.4. The number of nitrogens with zero attached hydrogens (tertiary/aromatic N) is 3. The van der Waals surface area contributed by atoms with E-state index < -0.39 is 5.79 Å². The third-order valence-electron chi connectivity index (χ3n) is 4.83. The van der Waals surface area contributed by atoms with E-state index in [2.05, 4.69) is 34.1 Å². The Hall–Kier alpha value is -2.18. The molecule has 1 saturated heterocycles. The maximum atomic E-state index is 6.20. The molecule has 1 aliphatic heterocycles. The van der Waals surface area contributed by atoms with E-state index in [0.717, 1.165) is 23.0 Å². The first-order valence-electron chi connectivity index (χ1n) is 8.25. The standard InChI is InChI=1S/C18H22N4O2/c1-5-10-7-12(15-14(10)23-18(3,4)24-15)22-8-11(6-2)13-16(19)20-9-21-17(13)22/h6-9,12,14-15H,2,5H2,1,3-4H3,(H2,19,20,21)/t12-,14+,15?/m1/s1. The van der Waals surface area contributed by atoms with Crippen LogP contribution in [0.25, 0.3) is 17.1 Å². The minimum Gasteiger partial charge on any atom is -0.383 e. The third-order valence-corrected chi connectivity index (χ3v) is 4.83. The summed E-state index contributed by atoms with van der Waals surface area (Å²) in [6.07, 6.45) is 8.38. The Morgan fingerprint density at radius 1 is 1.38 bits per heavy atom. The number of anilines is 1. The van der Waals surface area contributed by atoms with Crippen LogP contribution >= 0.6 is 0 Å². The van der Waals surface area contributed by atoms with E-state index in [0.29, 0.717) is 5.82 Å². The molecule has 24 heavy (non-hydrogen) atoms. The van der Waals surface area contributed by atoms with Gasteiger partial charge in [0.15, 0.2) is 5.79 Å². The second kappa shape index (κ2) is 5.16. The van der Waals surface area contributed by atoms with Crippen molar-refractivity contribution in [3.05, 3.63) is 36.3 Å². The number of fused-ring (bicyclic) bond motifs is 2. The smallest absolute Gasteiger partial charge is 0.164 e. The monoisotopic (exact) mass is 326 g/mol. The Labute approximate surface area is 141 Å². The van der Waals surface area contributed by atoms with Crippen LogP contribution in [-0.4, -0.2) is 32.5 Å². The van der Waals surface area contributed by atoms with Crippen molar-refractivity contribution in [1.82, 2.24) is 14.5 Å². The Balaban J connectivity index is 1.87. The van der Waals surface area contributed by atoms with Crippen molar-refractivity contribution in [2.75, 3.05) is 5.73 Å². The van der Waals surface area contributed by atoms with Crippen LogP contribution in [0.3, 0.4) is 0 Å². The maximum absolute atomic E-state index is 6.20. The summed E-state index contributed by atoms with van der Waals surface area (Å²) in [4.78, 5) is 8.57. The predicted octanol–water partition coefficient (Wildman–Crippen LogP) is 3.07. The molecule has 0 amide bonds. The highest BCUT2D eigenvalue weighted by molar-refractivity contribution is 5.94. The van der Waals surface area contributed by atoms with Crippen molar-refractivity contribution >= 4 is 22.9 Å². The summed E-state index contributed by atoms with van der Waals surface area (Å²) in [5.74, 6) is -0.118. The molecule has 1 aliphatic carbocycles. The molecule has 3 atom stereocenters. The van der Waals surface area contributed by atoms with E-state index in [1.807, 2.05) is 20.0 Å². The largest absolute Gasteiger partial charge is 0.383 e. The molecule has 1 unspecified atom stereocenters. The lowest BCUT2D eigenvalue weighted by molar-refractivity contribution is -0.147. The molecule has 2 N–H and O–H groups in total. The van der Waals surface area contributed by atoms with Crippen LogP contribution in [0.5, 0.6) is 0 Å². The highest BCUT2D eigenvalue weighted by Crippen LogP contribution is 2.45. The van der Waals surface area contributed by atoms with E-state index in [-0.39, 0.29) is 18.2 Å². The number of hydrogen-bond donors (Lipinski definition) is 1. The van der Waals surface area contributed by atoms with Gasteiger partial charge in [0.2, 0.25) is 0 Å². The first kappa shape index (κ1) is 15.4. The number of rotatable bonds is 3. The number of nitrogens with two attached hydrogens (primary N) is 1. The lowest BCUT2D eigenvalue weighted by Gasteiger charge is -2.22. The number of aromatic nitrogens is 3. The van der Waals surface area contributed by atoms with E-state index in [1.165, 1.54) is 11.9 Å². The third kappa shape index (κ3) is 2.10. The second-order valence-electron chi connectivity index (χ2n) is 6.76. The van der Waals surface area contributed by atoms with Crippen molar-refractivity contribution in [3.8, 4) is 0 Å². The van der Waals surface area contributed by atoms with Gasteiger partial charge in [-0.05, 0) is 25.8 Å². The molecule has 0 aromatic carbocycles. The Bertz CT molecular complexity index is 852. The van der Waals surface area contributed by atoms with Crippen LogP contribution < -0.4 is 5.73 Å². The molecule has 2 aromatic heterocycles. The fourth-order valence-corrected chi connectivity index (χ4v) is 3.81. The topological polar surface area (TPSA) is 75.2 Å². The molecular formula is C18H22N4O2. The zero-order valence-corrected chi connectivity index (χ0v) is 14.2. The van der Waals surface area contributed by atoms with Gasteiger partial charge in [-0.3, -0.25) is 0 Å². The molecular weight excluding hydrogens is 304 g/mol. The number of nitrogen functional groups attached to an aromatic ring is 1. The molecule has 2 aromatic rings. The molecule has 6 heteroatoms. The van der Waals surface area contributed by atoms with Crippen LogP contribution in [-0.2, 0) is 9.47 Å². The molecule has 0 radical (unpaired) electrons. The Morgan fingerprint density at radius 3 is 2.88 bits per heavy atom. The fraction of sp³-hybridized carbons (Fsp3) is 0.444. The summed E-state index contributed by atoms with van der Waals surface area (Å²) in [6.45, 7) is 9.94. The highest BCUT2D eigenvalue weighted by atomic mass is 16.8. The first-order chi connectivity index (χ1) is 11.4. The Morgan fingerprint density at radius 2 is 2.17 bits per heavy atom. The van der Waals surface area contributed by atoms with E-state index in [4.69, 9.17) is 15.2 Å². The molecule has 0 saturated carbocycles. The van der Waals surface area contributed by atoms with Gasteiger partial charge >= 0.3 is 0 Å².